The molecule has 5 aromatic rings. The van der Waals surface area contributed by atoms with E-state index in [0.717, 1.165) is 84.9 Å². The maximum Gasteiger partial charge on any atom is 0.439 e. The number of aryl methyl sites for hydroxylation is 1. The van der Waals surface area contributed by atoms with E-state index >= 15 is 0 Å². The molecule has 0 amide bonds. The molecule has 0 saturated heterocycles. The van der Waals surface area contributed by atoms with Gasteiger partial charge >= 0.3 is 5.76 Å². The molecule has 2 fully saturated rings. The number of fused-ring (bicyclic) bond motifs is 1. The van der Waals surface area contributed by atoms with Gasteiger partial charge in [0, 0.05) is 23.6 Å². The highest BCUT2D eigenvalue weighted by Crippen LogP contribution is 2.37. The fourth-order valence-corrected chi connectivity index (χ4v) is 6.40. The molecule has 3 aromatic heterocycles. The van der Waals surface area contributed by atoms with Crippen LogP contribution < -0.4 is 11.3 Å². The van der Waals surface area contributed by atoms with E-state index in [-0.39, 0.29) is 17.7 Å². The molecule has 0 atom stereocenters. The molecular formula is C33H36N6O5. The lowest BCUT2D eigenvalue weighted by Crippen LogP contribution is -2.35. The number of hydrogen-bond acceptors (Lipinski definition) is 8. The van der Waals surface area contributed by atoms with Gasteiger partial charge in [0.25, 0.3) is 5.56 Å². The molecule has 0 radical (unpaired) electrons. The van der Waals surface area contributed by atoms with Crippen LogP contribution in [0.5, 0.6) is 0 Å². The zero-order chi connectivity index (χ0) is 30.3. The van der Waals surface area contributed by atoms with Gasteiger partial charge in [-0.05, 0) is 61.6 Å². The Morgan fingerprint density at radius 1 is 1.05 bits per heavy atom. The molecule has 2 aliphatic carbocycles. The maximum atomic E-state index is 14.3. The smallest absolute Gasteiger partial charge is 0.387 e. The number of H-pyrrole nitrogens is 1. The Labute approximate surface area is 253 Å². The first-order valence-corrected chi connectivity index (χ1v) is 15.5. The first-order chi connectivity index (χ1) is 21.4. The van der Waals surface area contributed by atoms with Crippen LogP contribution in [0, 0.1) is 0 Å². The van der Waals surface area contributed by atoms with Crippen molar-refractivity contribution in [3.8, 4) is 22.5 Å². The Hall–Kier alpha value is -4.35. The minimum atomic E-state index is -0.621. The van der Waals surface area contributed by atoms with Gasteiger partial charge in [0.1, 0.15) is 6.33 Å². The van der Waals surface area contributed by atoms with Gasteiger partial charge in [-0.15, -0.1) is 0 Å². The van der Waals surface area contributed by atoms with Crippen LogP contribution in [0.15, 0.2) is 69.0 Å². The van der Waals surface area contributed by atoms with Crippen LogP contribution in [0.4, 0.5) is 0 Å². The molecule has 0 unspecified atom stereocenters. The number of aliphatic hydroxyl groups is 1. The summed E-state index contributed by atoms with van der Waals surface area (Å²) in [6.45, 7) is 2.50. The molecule has 2 saturated carbocycles. The van der Waals surface area contributed by atoms with E-state index in [4.69, 9.17) is 9.26 Å². The molecule has 11 nitrogen and oxygen atoms in total. The normalized spacial score (nSPS) is 19.4. The fourth-order valence-electron chi connectivity index (χ4n) is 6.40. The minimum Gasteiger partial charge on any atom is -0.387 e. The van der Waals surface area contributed by atoms with Crippen LogP contribution in [0.25, 0.3) is 28.3 Å². The third-order valence-corrected chi connectivity index (χ3v) is 9.01. The third-order valence-electron chi connectivity index (χ3n) is 9.01. The van der Waals surface area contributed by atoms with Crippen LogP contribution in [0.1, 0.15) is 74.7 Å². The highest BCUT2D eigenvalue weighted by Gasteiger charge is 2.41. The Balaban J connectivity index is 1.18. The molecule has 11 heteroatoms. The van der Waals surface area contributed by atoms with E-state index in [1.54, 1.807) is 0 Å². The number of aromatic nitrogens is 6. The van der Waals surface area contributed by atoms with Gasteiger partial charge < -0.3 is 9.84 Å². The lowest BCUT2D eigenvalue weighted by atomic mass is 9.92. The highest BCUT2D eigenvalue weighted by molar-refractivity contribution is 5.80. The molecule has 0 bridgehead atoms. The molecule has 44 heavy (non-hydrogen) atoms. The number of nitrogens with one attached hydrogen (secondary N) is 1. The lowest BCUT2D eigenvalue weighted by molar-refractivity contribution is -0.0387. The van der Waals surface area contributed by atoms with Crippen molar-refractivity contribution in [2.75, 3.05) is 6.61 Å². The summed E-state index contributed by atoms with van der Waals surface area (Å²) in [5, 5.41) is 18.6. The van der Waals surface area contributed by atoms with Crippen molar-refractivity contribution in [1.29, 1.82) is 0 Å². The molecule has 228 valence electrons. The Kier molecular flexibility index (Phi) is 7.51. The Bertz CT molecular complexity index is 1890. The second kappa shape index (κ2) is 11.6. The van der Waals surface area contributed by atoms with Crippen molar-refractivity contribution < 1.29 is 14.4 Å². The third kappa shape index (κ3) is 5.53. The van der Waals surface area contributed by atoms with Gasteiger partial charge in [-0.1, -0.05) is 67.0 Å². The molecule has 0 spiro atoms. The average molecular weight is 597 g/mol. The van der Waals surface area contributed by atoms with Gasteiger partial charge in [-0.2, -0.15) is 10.1 Å². The van der Waals surface area contributed by atoms with Crippen molar-refractivity contribution in [1.82, 2.24) is 29.3 Å². The zero-order valence-corrected chi connectivity index (χ0v) is 24.7. The van der Waals surface area contributed by atoms with Crippen molar-refractivity contribution in [3.63, 3.8) is 0 Å². The summed E-state index contributed by atoms with van der Waals surface area (Å²) < 4.78 is 14.5. The number of hydrogen-bond donors (Lipinski definition) is 2. The topological polar surface area (TPSA) is 141 Å². The van der Waals surface area contributed by atoms with Gasteiger partial charge in [0.2, 0.25) is 5.78 Å². The number of nitrogens with zero attached hydrogens (tertiary/aromatic N) is 5. The zero-order valence-electron chi connectivity index (χ0n) is 24.7. The van der Waals surface area contributed by atoms with E-state index in [1.165, 1.54) is 6.33 Å². The summed E-state index contributed by atoms with van der Waals surface area (Å²) in [7, 11) is 0. The molecule has 0 aliphatic heterocycles. The molecule has 2 aromatic carbocycles. The largest absolute Gasteiger partial charge is 0.439 e. The summed E-state index contributed by atoms with van der Waals surface area (Å²) >= 11 is 0. The summed E-state index contributed by atoms with van der Waals surface area (Å²) in [5.41, 5.74) is 4.66. The van der Waals surface area contributed by atoms with Gasteiger partial charge in [0.05, 0.1) is 24.0 Å². The average Bonchev–Trinajstić information content (AvgIpc) is 3.37. The van der Waals surface area contributed by atoms with Crippen LogP contribution in [0.2, 0.25) is 0 Å². The van der Waals surface area contributed by atoms with Crippen LogP contribution in [-0.2, 0) is 17.6 Å². The number of rotatable bonds is 10. The van der Waals surface area contributed by atoms with E-state index in [1.807, 2.05) is 57.6 Å². The molecule has 2 N–H and O–H groups in total. The molecule has 2 aliphatic rings. The summed E-state index contributed by atoms with van der Waals surface area (Å²) in [6.07, 6.45) is 8.63. The first kappa shape index (κ1) is 28.4. The quantitative estimate of drug-likeness (QED) is 0.241. The minimum absolute atomic E-state index is 0.00461. The lowest BCUT2D eigenvalue weighted by Gasteiger charge is -2.31. The highest BCUT2D eigenvalue weighted by atomic mass is 16.5. The van der Waals surface area contributed by atoms with Crippen LogP contribution in [0.3, 0.4) is 0 Å². The predicted molar refractivity (Wildman–Crippen MR) is 163 cm³/mol. The van der Waals surface area contributed by atoms with E-state index in [9.17, 15) is 14.7 Å². The van der Waals surface area contributed by atoms with Crippen molar-refractivity contribution in [2.24, 2.45) is 0 Å². The maximum absolute atomic E-state index is 14.3. The summed E-state index contributed by atoms with van der Waals surface area (Å²) in [4.78, 5) is 33.0. The summed E-state index contributed by atoms with van der Waals surface area (Å²) in [5.74, 6) is 0.371. The summed E-state index contributed by atoms with van der Waals surface area (Å²) in [6, 6.07) is 15.8. The molecule has 3 heterocycles. The monoisotopic (exact) mass is 596 g/mol. The Morgan fingerprint density at radius 3 is 2.48 bits per heavy atom. The van der Waals surface area contributed by atoms with Crippen molar-refractivity contribution in [2.45, 2.75) is 82.5 Å². The fraction of sp³-hybridized carbons (Fsp3) is 0.424. The van der Waals surface area contributed by atoms with Crippen LogP contribution in [-0.4, -0.2) is 52.7 Å². The molecular weight excluding hydrogens is 560 g/mol. The second-order valence-electron chi connectivity index (χ2n) is 12.2. The van der Waals surface area contributed by atoms with Gasteiger partial charge in [-0.25, -0.2) is 9.31 Å². The first-order valence-electron chi connectivity index (χ1n) is 15.5. The second-order valence-corrected chi connectivity index (χ2v) is 12.2. The van der Waals surface area contributed by atoms with E-state index in [2.05, 4.69) is 27.1 Å². The van der Waals surface area contributed by atoms with Gasteiger partial charge in [0.15, 0.2) is 5.82 Å². The van der Waals surface area contributed by atoms with Crippen molar-refractivity contribution in [3.05, 3.63) is 92.6 Å². The van der Waals surface area contributed by atoms with Crippen LogP contribution >= 0.6 is 0 Å². The SMILES string of the molecule is CCCc1c(Cc2ccc(-c3ccccc3-c3noc(=O)[nH]3)cc2)c(=O)n(C2CCC(OCC3(O)CC3)CC2)c2ncnn12. The Morgan fingerprint density at radius 2 is 1.80 bits per heavy atom. The van der Waals surface area contributed by atoms with Gasteiger partial charge in [-0.3, -0.25) is 18.9 Å². The van der Waals surface area contributed by atoms with Crippen molar-refractivity contribution >= 4 is 5.78 Å². The number of benzene rings is 2. The molecule has 7 rings (SSSR count). The predicted octanol–water partition coefficient (Wildman–Crippen LogP) is 4.47. The standard InChI is InChI=1S/C33H36N6O5/c1-2-5-28-27(18-21-8-10-22(11-9-21)25-6-3-4-7-26(25)29-36-32(41)44-37-29)30(40)38(31-34-20-35-39(28)31)23-12-14-24(15-13-23)43-19-33(42)16-17-33/h3-4,6-11,20,23-24,42H,2,5,12-19H2,1H3,(H,36,37,41). The number of aromatic amines is 1. The number of ether oxygens (including phenoxy) is 1. The van der Waals surface area contributed by atoms with E-state index < -0.39 is 11.4 Å². The van der Waals surface area contributed by atoms with E-state index in [0.29, 0.717) is 24.6 Å².